The Morgan fingerprint density at radius 3 is 2.27 bits per heavy atom. The number of aliphatic hydroxyl groups is 1. The highest BCUT2D eigenvalue weighted by atomic mass is 16.4. The molecule has 3 heteroatoms. The molecular weight excluding hydrogens is 274 g/mol. The molecule has 0 aliphatic heterocycles. The lowest BCUT2D eigenvalue weighted by atomic mass is 9.87. The molecule has 0 aliphatic carbocycles. The molecular formula is C19H31NO2. The van der Waals surface area contributed by atoms with E-state index in [0.717, 1.165) is 37.0 Å². The Hall–Kier alpha value is -1.35. The monoisotopic (exact) mass is 305 g/mol. The number of hydrogen-bond acceptors (Lipinski definition) is 3. The number of nitrogens with zero attached hydrogens (tertiary/aromatic N) is 1. The van der Waals surface area contributed by atoms with Gasteiger partial charge >= 0.3 is 0 Å². The second-order valence-corrected chi connectivity index (χ2v) is 6.18. The van der Waals surface area contributed by atoms with E-state index < -0.39 is 0 Å². The second kappa shape index (κ2) is 11.2. The molecule has 2 unspecified atom stereocenters. The summed E-state index contributed by atoms with van der Waals surface area (Å²) >= 11 is 0. The van der Waals surface area contributed by atoms with E-state index in [-0.39, 0.29) is 12.0 Å². The van der Waals surface area contributed by atoms with Crippen molar-refractivity contribution < 1.29 is 10.3 Å². The maximum Gasteiger partial charge on any atom is 0.0898 e. The first-order valence-corrected chi connectivity index (χ1v) is 8.64. The quantitative estimate of drug-likeness (QED) is 0.261. The predicted molar refractivity (Wildman–Crippen MR) is 92.5 cm³/mol. The molecule has 0 fully saturated rings. The highest BCUT2D eigenvalue weighted by molar-refractivity contribution is 6.01. The lowest BCUT2D eigenvalue weighted by Gasteiger charge is -2.19. The van der Waals surface area contributed by atoms with Crippen molar-refractivity contribution in [1.29, 1.82) is 0 Å². The molecule has 1 aromatic carbocycles. The number of hydrogen-bond donors (Lipinski definition) is 2. The Morgan fingerprint density at radius 1 is 1.00 bits per heavy atom. The molecule has 0 spiro atoms. The fourth-order valence-corrected chi connectivity index (χ4v) is 2.84. The first-order valence-electron chi connectivity index (χ1n) is 8.64. The predicted octanol–water partition coefficient (Wildman–Crippen LogP) is 5.00. The largest absolute Gasteiger partial charge is 0.411 e. The summed E-state index contributed by atoms with van der Waals surface area (Å²) in [7, 11) is 0. The van der Waals surface area contributed by atoms with Gasteiger partial charge in [-0.1, -0.05) is 74.5 Å². The molecule has 0 aromatic heterocycles. The third-order valence-electron chi connectivity index (χ3n) is 4.15. The molecule has 0 bridgehead atoms. The van der Waals surface area contributed by atoms with Crippen molar-refractivity contribution in [3.8, 4) is 0 Å². The average Bonchev–Trinajstić information content (AvgIpc) is 2.53. The molecule has 1 rings (SSSR count). The van der Waals surface area contributed by atoms with E-state index in [1.54, 1.807) is 0 Å². The van der Waals surface area contributed by atoms with Crippen LogP contribution in [0.1, 0.15) is 70.8 Å². The summed E-state index contributed by atoms with van der Waals surface area (Å²) in [6.07, 6.45) is 8.50. The summed E-state index contributed by atoms with van der Waals surface area (Å²) in [5.74, 6) is 0.212. The van der Waals surface area contributed by atoms with Gasteiger partial charge in [-0.15, -0.1) is 0 Å². The van der Waals surface area contributed by atoms with Crippen LogP contribution in [-0.2, 0) is 0 Å². The lowest BCUT2D eigenvalue weighted by Crippen LogP contribution is -2.18. The molecule has 0 amide bonds. The Balaban J connectivity index is 2.66. The van der Waals surface area contributed by atoms with E-state index in [2.05, 4.69) is 12.1 Å². The van der Waals surface area contributed by atoms with E-state index in [4.69, 9.17) is 0 Å². The SMILES string of the molecule is CCCCCCCC(CCC(C)O)C(=NO)c1ccccc1. The molecule has 1 aromatic rings. The molecule has 124 valence electrons. The Labute approximate surface area is 135 Å². The van der Waals surface area contributed by atoms with Crippen LogP contribution in [-0.4, -0.2) is 22.1 Å². The van der Waals surface area contributed by atoms with Crippen LogP contribution < -0.4 is 0 Å². The normalized spacial score (nSPS) is 14.8. The molecule has 2 atom stereocenters. The van der Waals surface area contributed by atoms with Crippen molar-refractivity contribution >= 4 is 5.71 Å². The maximum atomic E-state index is 9.57. The molecule has 0 aliphatic rings. The summed E-state index contributed by atoms with van der Waals surface area (Å²) in [6, 6.07) is 9.87. The van der Waals surface area contributed by atoms with Crippen LogP contribution in [0.4, 0.5) is 0 Å². The molecule has 0 heterocycles. The van der Waals surface area contributed by atoms with Gasteiger partial charge in [0, 0.05) is 5.92 Å². The zero-order valence-corrected chi connectivity index (χ0v) is 14.0. The number of oxime groups is 1. The van der Waals surface area contributed by atoms with Gasteiger partial charge in [-0.05, 0) is 31.7 Å². The number of rotatable bonds is 11. The summed E-state index contributed by atoms with van der Waals surface area (Å²) < 4.78 is 0. The van der Waals surface area contributed by atoms with Crippen molar-refractivity contribution in [2.24, 2.45) is 11.1 Å². The number of unbranched alkanes of at least 4 members (excludes halogenated alkanes) is 4. The van der Waals surface area contributed by atoms with Crippen molar-refractivity contribution in [2.45, 2.75) is 71.3 Å². The van der Waals surface area contributed by atoms with Gasteiger partial charge in [0.25, 0.3) is 0 Å². The Kier molecular flexibility index (Phi) is 9.56. The van der Waals surface area contributed by atoms with Crippen LogP contribution in [0, 0.1) is 5.92 Å². The van der Waals surface area contributed by atoms with E-state index in [0.29, 0.717) is 0 Å². The van der Waals surface area contributed by atoms with Crippen LogP contribution in [0.2, 0.25) is 0 Å². The van der Waals surface area contributed by atoms with Crippen LogP contribution in [0.25, 0.3) is 0 Å². The number of benzene rings is 1. The summed E-state index contributed by atoms with van der Waals surface area (Å²) in [6.45, 7) is 4.04. The third kappa shape index (κ3) is 7.08. The standard InChI is InChI=1S/C19H31NO2/c1-3-4-5-6-8-13-18(15-14-16(2)21)19(20-22)17-11-9-7-10-12-17/h7,9-12,16,18,21-22H,3-6,8,13-15H2,1-2H3. The van der Waals surface area contributed by atoms with Gasteiger partial charge in [-0.3, -0.25) is 0 Å². The molecule has 0 saturated heterocycles. The Morgan fingerprint density at radius 2 is 1.68 bits per heavy atom. The minimum atomic E-state index is -0.307. The second-order valence-electron chi connectivity index (χ2n) is 6.18. The zero-order chi connectivity index (χ0) is 16.2. The van der Waals surface area contributed by atoms with Gasteiger partial charge in [0.2, 0.25) is 0 Å². The van der Waals surface area contributed by atoms with Crippen molar-refractivity contribution in [1.82, 2.24) is 0 Å². The maximum absolute atomic E-state index is 9.57. The molecule has 0 radical (unpaired) electrons. The van der Waals surface area contributed by atoms with Crippen molar-refractivity contribution in [3.63, 3.8) is 0 Å². The van der Waals surface area contributed by atoms with Gasteiger partial charge in [0.05, 0.1) is 11.8 Å². The zero-order valence-electron chi connectivity index (χ0n) is 14.0. The molecule has 22 heavy (non-hydrogen) atoms. The average molecular weight is 305 g/mol. The van der Waals surface area contributed by atoms with E-state index in [1.165, 1.54) is 25.7 Å². The van der Waals surface area contributed by atoms with Gasteiger partial charge in [-0.25, -0.2) is 0 Å². The van der Waals surface area contributed by atoms with Gasteiger partial charge in [0.1, 0.15) is 0 Å². The first-order chi connectivity index (χ1) is 10.7. The molecule has 0 saturated carbocycles. The highest BCUT2D eigenvalue weighted by Gasteiger charge is 2.19. The number of aliphatic hydroxyl groups excluding tert-OH is 1. The summed E-state index contributed by atoms with van der Waals surface area (Å²) in [4.78, 5) is 0. The lowest BCUT2D eigenvalue weighted by molar-refractivity contribution is 0.176. The van der Waals surface area contributed by atoms with Crippen molar-refractivity contribution in [3.05, 3.63) is 35.9 Å². The van der Waals surface area contributed by atoms with Gasteiger partial charge < -0.3 is 10.3 Å². The van der Waals surface area contributed by atoms with Gasteiger partial charge in [0.15, 0.2) is 0 Å². The third-order valence-corrected chi connectivity index (χ3v) is 4.15. The van der Waals surface area contributed by atoms with E-state index in [1.807, 2.05) is 37.3 Å². The Bertz CT molecular complexity index is 415. The van der Waals surface area contributed by atoms with Crippen LogP contribution in [0.15, 0.2) is 35.5 Å². The van der Waals surface area contributed by atoms with Crippen LogP contribution >= 0.6 is 0 Å². The van der Waals surface area contributed by atoms with Crippen LogP contribution in [0.3, 0.4) is 0 Å². The molecule has 3 nitrogen and oxygen atoms in total. The first kappa shape index (κ1) is 18.7. The molecule has 2 N–H and O–H groups in total. The minimum absolute atomic E-state index is 0.212. The highest BCUT2D eigenvalue weighted by Crippen LogP contribution is 2.23. The summed E-state index contributed by atoms with van der Waals surface area (Å²) in [5.41, 5.74) is 1.74. The van der Waals surface area contributed by atoms with E-state index >= 15 is 0 Å². The topological polar surface area (TPSA) is 52.8 Å². The van der Waals surface area contributed by atoms with Crippen LogP contribution in [0.5, 0.6) is 0 Å². The van der Waals surface area contributed by atoms with E-state index in [9.17, 15) is 10.3 Å². The minimum Gasteiger partial charge on any atom is -0.411 e. The van der Waals surface area contributed by atoms with Crippen molar-refractivity contribution in [2.75, 3.05) is 0 Å². The van der Waals surface area contributed by atoms with Gasteiger partial charge in [-0.2, -0.15) is 0 Å². The fraction of sp³-hybridized carbons (Fsp3) is 0.632. The fourth-order valence-electron chi connectivity index (χ4n) is 2.84. The smallest absolute Gasteiger partial charge is 0.0898 e. The summed E-state index contributed by atoms with van der Waals surface area (Å²) in [5, 5.41) is 22.6.